The van der Waals surface area contributed by atoms with Gasteiger partial charge < -0.3 is 5.11 Å². The summed E-state index contributed by atoms with van der Waals surface area (Å²) in [6.07, 6.45) is 10.6. The summed E-state index contributed by atoms with van der Waals surface area (Å²) in [5.74, 6) is 2.92. The topological polar surface area (TPSA) is 20.2 Å². The second-order valence-electron chi connectivity index (χ2n) is 5.59. The highest BCUT2D eigenvalue weighted by Crippen LogP contribution is 2.40. The number of hydrogen-bond donors (Lipinski definition) is 1. The van der Waals surface area contributed by atoms with E-state index in [2.05, 4.69) is 7.85 Å². The molecule has 0 amide bonds. The summed E-state index contributed by atoms with van der Waals surface area (Å²) in [5.41, 5.74) is 0. The summed E-state index contributed by atoms with van der Waals surface area (Å²) in [4.78, 5) is 0. The Morgan fingerprint density at radius 2 is 1.14 bits per heavy atom. The zero-order valence-corrected chi connectivity index (χ0v) is 9.41. The van der Waals surface area contributed by atoms with E-state index in [1.807, 2.05) is 0 Å². The highest BCUT2D eigenvalue weighted by Gasteiger charge is 2.28. The van der Waals surface area contributed by atoms with Crippen LogP contribution >= 0.6 is 0 Å². The van der Waals surface area contributed by atoms with E-state index in [0.29, 0.717) is 0 Å². The molecule has 2 rings (SSSR count). The third-order valence-electron chi connectivity index (χ3n) is 4.47. The predicted octanol–water partition coefficient (Wildman–Crippen LogP) is 2.15. The van der Waals surface area contributed by atoms with Gasteiger partial charge in [0.05, 0.1) is 6.10 Å². The molecule has 80 valence electrons. The predicted molar refractivity (Wildman–Crippen MR) is 62.2 cm³/mol. The van der Waals surface area contributed by atoms with Crippen LogP contribution in [-0.2, 0) is 0 Å². The Labute approximate surface area is 88.7 Å². The second kappa shape index (κ2) is 4.70. The van der Waals surface area contributed by atoms with Gasteiger partial charge in [0.25, 0.3) is 0 Å². The minimum atomic E-state index is 0.0220. The van der Waals surface area contributed by atoms with E-state index in [4.69, 9.17) is 0 Å². The van der Waals surface area contributed by atoms with Crippen molar-refractivity contribution in [1.82, 2.24) is 0 Å². The van der Waals surface area contributed by atoms with Crippen LogP contribution in [0.25, 0.3) is 0 Å². The van der Waals surface area contributed by atoms with Gasteiger partial charge in [-0.25, -0.2) is 0 Å². The number of hydrogen-bond acceptors (Lipinski definition) is 1. The molecule has 1 nitrogen and oxygen atoms in total. The lowest BCUT2D eigenvalue weighted by atomic mass is 9.66. The first-order valence-corrected chi connectivity index (χ1v) is 6.43. The molecular weight excluding hydrogens is 171 g/mol. The van der Waals surface area contributed by atoms with Crippen molar-refractivity contribution in [2.24, 2.45) is 11.8 Å². The van der Waals surface area contributed by atoms with Crippen LogP contribution in [0.15, 0.2) is 0 Å². The summed E-state index contributed by atoms with van der Waals surface area (Å²) >= 11 is 0. The van der Waals surface area contributed by atoms with E-state index in [1.54, 1.807) is 0 Å². The lowest BCUT2D eigenvalue weighted by Crippen LogP contribution is -2.26. The molecule has 2 saturated carbocycles. The molecule has 0 spiro atoms. The monoisotopic (exact) mass is 194 g/mol. The zero-order chi connectivity index (χ0) is 9.97. The van der Waals surface area contributed by atoms with Gasteiger partial charge in [-0.3, -0.25) is 0 Å². The van der Waals surface area contributed by atoms with Crippen molar-refractivity contribution < 1.29 is 5.11 Å². The highest BCUT2D eigenvalue weighted by molar-refractivity contribution is 6.11. The summed E-state index contributed by atoms with van der Waals surface area (Å²) in [6.45, 7) is 0. The molecular formula is C12H23BO. The van der Waals surface area contributed by atoms with Crippen LogP contribution in [0.5, 0.6) is 0 Å². The molecule has 2 aliphatic carbocycles. The molecule has 0 aliphatic heterocycles. The minimum absolute atomic E-state index is 0.0220. The highest BCUT2D eigenvalue weighted by atomic mass is 16.3. The summed E-state index contributed by atoms with van der Waals surface area (Å²) in [7, 11) is 2.39. The van der Waals surface area contributed by atoms with Crippen molar-refractivity contribution >= 4 is 7.85 Å². The molecule has 1 N–H and O–H groups in total. The van der Waals surface area contributed by atoms with Crippen LogP contribution in [0.4, 0.5) is 0 Å². The standard InChI is InChI=1S/C12H23BO/c13-11-5-1-9(2-6-11)10-3-7-12(14)8-4-10/h9-12,14H,1-8,13H2. The Morgan fingerprint density at radius 3 is 1.64 bits per heavy atom. The first-order valence-electron chi connectivity index (χ1n) is 6.43. The molecule has 0 aromatic heterocycles. The van der Waals surface area contributed by atoms with Crippen molar-refractivity contribution in [2.75, 3.05) is 0 Å². The lowest BCUT2D eigenvalue weighted by Gasteiger charge is -2.36. The number of rotatable bonds is 1. The summed E-state index contributed by atoms with van der Waals surface area (Å²) in [6, 6.07) is 0. The zero-order valence-electron chi connectivity index (χ0n) is 9.41. The van der Waals surface area contributed by atoms with E-state index < -0.39 is 0 Å². The molecule has 14 heavy (non-hydrogen) atoms. The smallest absolute Gasteiger partial charge is 0.105 e. The van der Waals surface area contributed by atoms with Crippen LogP contribution < -0.4 is 0 Å². The molecule has 2 aliphatic rings. The van der Waals surface area contributed by atoms with Gasteiger partial charge in [0, 0.05) is 0 Å². The second-order valence-corrected chi connectivity index (χ2v) is 5.59. The minimum Gasteiger partial charge on any atom is -0.393 e. The van der Waals surface area contributed by atoms with Gasteiger partial charge in [0.15, 0.2) is 0 Å². The van der Waals surface area contributed by atoms with Crippen LogP contribution in [0, 0.1) is 11.8 Å². The van der Waals surface area contributed by atoms with Crippen molar-refractivity contribution in [3.63, 3.8) is 0 Å². The first-order chi connectivity index (χ1) is 6.75. The average Bonchev–Trinajstić information content (AvgIpc) is 2.21. The fourth-order valence-electron chi connectivity index (χ4n) is 3.33. The van der Waals surface area contributed by atoms with E-state index in [0.717, 1.165) is 30.5 Å². The Bertz CT molecular complexity index is 147. The first kappa shape index (κ1) is 10.5. The molecule has 0 aromatic carbocycles. The van der Waals surface area contributed by atoms with Crippen LogP contribution in [0.1, 0.15) is 51.4 Å². The van der Waals surface area contributed by atoms with Crippen molar-refractivity contribution in [2.45, 2.75) is 63.3 Å². The van der Waals surface area contributed by atoms with Crippen molar-refractivity contribution in [3.05, 3.63) is 0 Å². The molecule has 2 heteroatoms. The van der Waals surface area contributed by atoms with E-state index in [9.17, 15) is 5.11 Å². The Kier molecular flexibility index (Phi) is 3.54. The van der Waals surface area contributed by atoms with Crippen molar-refractivity contribution in [3.8, 4) is 0 Å². The maximum atomic E-state index is 9.47. The van der Waals surface area contributed by atoms with Crippen LogP contribution in [0.3, 0.4) is 0 Å². The maximum Gasteiger partial charge on any atom is 0.105 e. The fourth-order valence-corrected chi connectivity index (χ4v) is 3.33. The molecule has 2 fully saturated rings. The quantitative estimate of drug-likeness (QED) is 0.634. The van der Waals surface area contributed by atoms with Gasteiger partial charge in [-0.15, -0.1) is 0 Å². The molecule has 0 unspecified atom stereocenters. The fraction of sp³-hybridized carbons (Fsp3) is 1.00. The Balaban J connectivity index is 1.78. The van der Waals surface area contributed by atoms with Crippen LogP contribution in [0.2, 0.25) is 5.82 Å². The Morgan fingerprint density at radius 1 is 0.714 bits per heavy atom. The van der Waals surface area contributed by atoms with Crippen molar-refractivity contribution in [1.29, 1.82) is 0 Å². The Hall–Kier alpha value is 0.0249. The molecule has 0 radical (unpaired) electrons. The average molecular weight is 194 g/mol. The van der Waals surface area contributed by atoms with Gasteiger partial charge >= 0.3 is 0 Å². The largest absolute Gasteiger partial charge is 0.393 e. The van der Waals surface area contributed by atoms with Gasteiger partial charge in [0.1, 0.15) is 7.85 Å². The van der Waals surface area contributed by atoms with Gasteiger partial charge in [-0.05, 0) is 37.5 Å². The van der Waals surface area contributed by atoms with Gasteiger partial charge in [0.2, 0.25) is 0 Å². The summed E-state index contributed by atoms with van der Waals surface area (Å²) in [5, 5.41) is 9.47. The van der Waals surface area contributed by atoms with Gasteiger partial charge in [-0.2, -0.15) is 0 Å². The van der Waals surface area contributed by atoms with Gasteiger partial charge in [-0.1, -0.05) is 31.5 Å². The normalized spacial score (nSPS) is 44.9. The lowest BCUT2D eigenvalue weighted by molar-refractivity contribution is 0.0823. The SMILES string of the molecule is BC1CCC(C2CCC(O)CC2)CC1. The molecule has 0 atom stereocenters. The number of aliphatic hydroxyl groups excluding tert-OH is 1. The molecule has 0 aromatic rings. The molecule has 0 bridgehead atoms. The van der Waals surface area contributed by atoms with E-state index >= 15 is 0 Å². The molecule has 0 heterocycles. The molecule has 0 saturated heterocycles. The third-order valence-corrected chi connectivity index (χ3v) is 4.47. The summed E-state index contributed by atoms with van der Waals surface area (Å²) < 4.78 is 0. The van der Waals surface area contributed by atoms with Crippen LogP contribution in [-0.4, -0.2) is 19.1 Å². The van der Waals surface area contributed by atoms with E-state index in [-0.39, 0.29) is 6.10 Å². The number of aliphatic hydroxyl groups is 1. The third kappa shape index (κ3) is 2.53. The maximum absolute atomic E-state index is 9.47. The van der Waals surface area contributed by atoms with E-state index in [1.165, 1.54) is 38.5 Å².